The first kappa shape index (κ1) is 27.5. The van der Waals surface area contributed by atoms with E-state index in [1.54, 1.807) is 11.0 Å². The Kier molecular flexibility index (Phi) is 6.22. The molecule has 0 aliphatic heterocycles. The van der Waals surface area contributed by atoms with E-state index in [4.69, 9.17) is 9.25 Å². The predicted molar refractivity (Wildman–Crippen MR) is 183 cm³/mol. The van der Waals surface area contributed by atoms with Crippen LogP contribution in [0.15, 0.2) is 114 Å². The van der Waals surface area contributed by atoms with Crippen molar-refractivity contribution in [2.75, 3.05) is 0 Å². The summed E-state index contributed by atoms with van der Waals surface area (Å²) >= 11 is 0. The van der Waals surface area contributed by atoms with E-state index in [1.807, 2.05) is 85.8 Å². The van der Waals surface area contributed by atoms with Gasteiger partial charge in [-0.2, -0.15) is 4.73 Å². The van der Waals surface area contributed by atoms with Gasteiger partial charge < -0.3 is 19.2 Å². The molecule has 0 spiro atoms. The van der Waals surface area contributed by atoms with Crippen LogP contribution in [0.2, 0.25) is 0 Å². The summed E-state index contributed by atoms with van der Waals surface area (Å²) in [5, 5.41) is 3.63. The molecule has 1 aliphatic carbocycles. The highest BCUT2D eigenvalue weighted by Crippen LogP contribution is 2.49. The van der Waals surface area contributed by atoms with Crippen molar-refractivity contribution < 1.29 is 18.8 Å². The molecule has 8 aromatic rings. The Hall–Kier alpha value is -5.82. The second kappa shape index (κ2) is 10.6. The minimum absolute atomic E-state index is 0.0243. The number of hydrogen-bond donors (Lipinski definition) is 2. The first-order valence-corrected chi connectivity index (χ1v) is 16.1. The van der Waals surface area contributed by atoms with Gasteiger partial charge in [0.15, 0.2) is 6.29 Å². The maximum atomic E-state index is 14.7. The highest BCUT2D eigenvalue weighted by Gasteiger charge is 2.39. The number of furan rings is 1. The third-order valence-corrected chi connectivity index (χ3v) is 9.89. The number of aldehydes is 1. The van der Waals surface area contributed by atoms with Gasteiger partial charge in [0.25, 0.3) is 0 Å². The van der Waals surface area contributed by atoms with Gasteiger partial charge in [0.2, 0.25) is 0 Å². The molecule has 0 saturated heterocycles. The fraction of sp³-hybridized carbons (Fsp3) is 0.150. The third-order valence-electron chi connectivity index (χ3n) is 9.89. The van der Waals surface area contributed by atoms with Crippen molar-refractivity contribution in [1.82, 2.24) is 14.7 Å². The van der Waals surface area contributed by atoms with Gasteiger partial charge in [0.05, 0.1) is 23.0 Å². The summed E-state index contributed by atoms with van der Waals surface area (Å²) in [6.45, 7) is 2.01. The monoisotopic (exact) mass is 617 g/mol. The summed E-state index contributed by atoms with van der Waals surface area (Å²) in [7, 11) is 0. The lowest BCUT2D eigenvalue weighted by Crippen LogP contribution is -2.24. The standard InChI is InChI=1S/C40H31N3O4/c1-23(31-22-46-35-17-9-5-12-27(31)35)39-30(21-44)26-11-4-8-16-34(26)43(39)47-40(45)37-28-13-3-7-15-33(28)42-38(37)36(24-18-19-24)29-20-41-32-14-6-2-10-25(29)32/h2-17,20-24,36,41-42H,18-19H2,1H3. The zero-order chi connectivity index (χ0) is 31.6. The van der Waals surface area contributed by atoms with Gasteiger partial charge in [0, 0.05) is 67.4 Å². The topological polar surface area (TPSA) is 93.0 Å². The van der Waals surface area contributed by atoms with Crippen molar-refractivity contribution in [1.29, 1.82) is 0 Å². The minimum Gasteiger partial charge on any atom is -0.464 e. The summed E-state index contributed by atoms with van der Waals surface area (Å²) in [4.78, 5) is 41.1. The van der Waals surface area contributed by atoms with Crippen LogP contribution in [0.25, 0.3) is 43.7 Å². The van der Waals surface area contributed by atoms with Crippen LogP contribution in [0, 0.1) is 5.92 Å². The number of carbonyl (C=O) groups excluding carboxylic acids is 2. The molecule has 0 amide bonds. The molecule has 2 unspecified atom stereocenters. The molecule has 47 heavy (non-hydrogen) atoms. The number of carbonyl (C=O) groups is 2. The van der Waals surface area contributed by atoms with E-state index in [0.717, 1.165) is 68.5 Å². The number of nitrogens with zero attached hydrogens (tertiary/aromatic N) is 1. The molecule has 4 heterocycles. The van der Waals surface area contributed by atoms with Crippen molar-refractivity contribution in [2.45, 2.75) is 31.6 Å². The largest absolute Gasteiger partial charge is 0.464 e. The third kappa shape index (κ3) is 4.27. The number of hydrogen-bond acceptors (Lipinski definition) is 4. The molecule has 0 bridgehead atoms. The van der Waals surface area contributed by atoms with Gasteiger partial charge in [-0.25, -0.2) is 4.79 Å². The molecule has 4 aromatic carbocycles. The molecular weight excluding hydrogens is 586 g/mol. The van der Waals surface area contributed by atoms with Crippen molar-refractivity contribution in [3.63, 3.8) is 0 Å². The van der Waals surface area contributed by atoms with Gasteiger partial charge in [0.1, 0.15) is 5.58 Å². The normalized spacial score (nSPS) is 14.7. The molecule has 7 nitrogen and oxygen atoms in total. The van der Waals surface area contributed by atoms with Crippen LogP contribution in [-0.2, 0) is 0 Å². The summed E-state index contributed by atoms with van der Waals surface area (Å²) in [6.07, 6.45) is 6.84. The molecule has 7 heteroatoms. The highest BCUT2D eigenvalue weighted by molar-refractivity contribution is 6.07. The van der Waals surface area contributed by atoms with E-state index >= 15 is 0 Å². The summed E-state index contributed by atoms with van der Waals surface area (Å²) < 4.78 is 7.46. The van der Waals surface area contributed by atoms with Crippen LogP contribution < -0.4 is 4.84 Å². The van der Waals surface area contributed by atoms with Gasteiger partial charge in [-0.05, 0) is 48.6 Å². The maximum absolute atomic E-state index is 14.7. The number of fused-ring (bicyclic) bond motifs is 4. The Balaban J connectivity index is 1.22. The van der Waals surface area contributed by atoms with E-state index < -0.39 is 5.97 Å². The number of H-pyrrole nitrogens is 2. The van der Waals surface area contributed by atoms with Crippen LogP contribution in [-0.4, -0.2) is 27.0 Å². The fourth-order valence-corrected chi connectivity index (χ4v) is 7.54. The number of aromatic amines is 2. The minimum atomic E-state index is -0.480. The van der Waals surface area contributed by atoms with Gasteiger partial charge in [-0.3, -0.25) is 4.79 Å². The summed E-state index contributed by atoms with van der Waals surface area (Å²) in [5.74, 6) is -0.435. The van der Waals surface area contributed by atoms with Gasteiger partial charge >= 0.3 is 5.97 Å². The fourth-order valence-electron chi connectivity index (χ4n) is 7.54. The number of rotatable bonds is 8. The second-order valence-electron chi connectivity index (χ2n) is 12.6. The molecule has 0 radical (unpaired) electrons. The summed E-state index contributed by atoms with van der Waals surface area (Å²) in [6, 6.07) is 31.6. The van der Waals surface area contributed by atoms with Crippen LogP contribution in [0.4, 0.5) is 0 Å². The Morgan fingerprint density at radius 1 is 0.851 bits per heavy atom. The predicted octanol–water partition coefficient (Wildman–Crippen LogP) is 9.13. The molecule has 1 aliphatic rings. The van der Waals surface area contributed by atoms with Crippen LogP contribution >= 0.6 is 0 Å². The van der Waals surface area contributed by atoms with Crippen LogP contribution in [0.1, 0.15) is 74.8 Å². The zero-order valence-corrected chi connectivity index (χ0v) is 25.7. The molecule has 230 valence electrons. The highest BCUT2D eigenvalue weighted by atomic mass is 16.7. The van der Waals surface area contributed by atoms with Crippen molar-refractivity contribution in [2.24, 2.45) is 5.92 Å². The SMILES string of the molecule is CC(c1coc2ccccc12)c1c(C=O)c2ccccc2n1OC(=O)c1c(C(c2c[nH]c3ccccc23)C2CC2)[nH]c2ccccc12. The van der Waals surface area contributed by atoms with E-state index in [2.05, 4.69) is 34.4 Å². The first-order chi connectivity index (χ1) is 23.1. The van der Waals surface area contributed by atoms with E-state index in [1.165, 1.54) is 5.56 Å². The number of nitrogens with one attached hydrogen (secondary N) is 2. The van der Waals surface area contributed by atoms with E-state index in [-0.39, 0.29) is 11.8 Å². The van der Waals surface area contributed by atoms with E-state index in [9.17, 15) is 9.59 Å². The van der Waals surface area contributed by atoms with Crippen LogP contribution in [0.5, 0.6) is 0 Å². The molecule has 4 aromatic heterocycles. The average Bonchev–Trinajstić information content (AvgIpc) is 3.42. The Labute approximate surface area is 269 Å². The van der Waals surface area contributed by atoms with E-state index in [0.29, 0.717) is 28.3 Å². The number of aromatic nitrogens is 3. The number of para-hydroxylation sites is 4. The van der Waals surface area contributed by atoms with Gasteiger partial charge in [-0.15, -0.1) is 0 Å². The Morgan fingerprint density at radius 3 is 2.32 bits per heavy atom. The Bertz CT molecular complexity index is 2490. The average molecular weight is 618 g/mol. The van der Waals surface area contributed by atoms with Crippen molar-refractivity contribution >= 4 is 55.9 Å². The Morgan fingerprint density at radius 2 is 1.53 bits per heavy atom. The maximum Gasteiger partial charge on any atom is 0.366 e. The molecular formula is C40H31N3O4. The lowest BCUT2D eigenvalue weighted by molar-refractivity contribution is 0.0467. The quantitative estimate of drug-likeness (QED) is 0.166. The lowest BCUT2D eigenvalue weighted by Gasteiger charge is -2.19. The zero-order valence-electron chi connectivity index (χ0n) is 25.7. The second-order valence-corrected chi connectivity index (χ2v) is 12.6. The molecule has 2 N–H and O–H groups in total. The summed E-state index contributed by atoms with van der Waals surface area (Å²) in [5.41, 5.74) is 7.87. The smallest absolute Gasteiger partial charge is 0.366 e. The molecule has 9 rings (SSSR count). The molecule has 1 saturated carbocycles. The van der Waals surface area contributed by atoms with Gasteiger partial charge in [-0.1, -0.05) is 79.7 Å². The first-order valence-electron chi connectivity index (χ1n) is 16.1. The van der Waals surface area contributed by atoms with Crippen molar-refractivity contribution in [3.05, 3.63) is 143 Å². The van der Waals surface area contributed by atoms with Crippen LogP contribution in [0.3, 0.4) is 0 Å². The number of benzene rings is 4. The van der Waals surface area contributed by atoms with Crippen molar-refractivity contribution in [3.8, 4) is 0 Å². The molecule has 1 fully saturated rings. The molecule has 2 atom stereocenters. The lowest BCUT2D eigenvalue weighted by atomic mass is 9.88.